The third kappa shape index (κ3) is 1.75. The van der Waals surface area contributed by atoms with E-state index >= 15 is 0 Å². The summed E-state index contributed by atoms with van der Waals surface area (Å²) < 4.78 is 0. The molecule has 0 radical (unpaired) electrons. The van der Waals surface area contributed by atoms with Gasteiger partial charge in [-0.3, -0.25) is 0 Å². The monoisotopic (exact) mass is 225 g/mol. The Kier molecular flexibility index (Phi) is 2.67. The van der Waals surface area contributed by atoms with Crippen LogP contribution in [0.1, 0.15) is 17.5 Å². The average Bonchev–Trinajstić information content (AvgIpc) is 2.91. The largest absolute Gasteiger partial charge is 0.301 e. The molecule has 17 heavy (non-hydrogen) atoms. The molecule has 1 fully saturated rings. The molecule has 1 N–H and O–H groups in total. The summed E-state index contributed by atoms with van der Waals surface area (Å²) in [6.07, 6.45) is 0.959. The summed E-state index contributed by atoms with van der Waals surface area (Å²) >= 11 is 0. The van der Waals surface area contributed by atoms with Crippen LogP contribution in [0.5, 0.6) is 0 Å². The molecule has 1 aliphatic rings. The molecule has 1 saturated heterocycles. The first kappa shape index (κ1) is 10.5. The second-order valence-electron chi connectivity index (χ2n) is 4.34. The lowest BCUT2D eigenvalue weighted by molar-refractivity contribution is 0.0709. The molecule has 1 aliphatic heterocycles. The molecule has 1 heterocycles. The second kappa shape index (κ2) is 4.32. The van der Waals surface area contributed by atoms with Gasteiger partial charge in [-0.05, 0) is 11.1 Å². The number of hydrogen-bond donors (Lipinski definition) is 1. The van der Waals surface area contributed by atoms with Gasteiger partial charge in [-0.25, -0.2) is 0 Å². The number of benzene rings is 2. The minimum atomic E-state index is -0.192. The lowest BCUT2D eigenvalue weighted by Crippen LogP contribution is -2.37. The van der Waals surface area contributed by atoms with Crippen LogP contribution in [0.25, 0.3) is 0 Å². The summed E-state index contributed by atoms with van der Waals surface area (Å²) in [5.74, 6) is 0. The maximum Gasteiger partial charge on any atom is 0.0952 e. The Morgan fingerprint density at radius 1 is 0.824 bits per heavy atom. The lowest BCUT2D eigenvalue weighted by Gasteiger charge is -2.28. The fourth-order valence-electron chi connectivity index (χ4n) is 2.45. The molecule has 3 rings (SSSR count). The van der Waals surface area contributed by atoms with Crippen molar-refractivity contribution in [1.29, 1.82) is 0 Å². The minimum Gasteiger partial charge on any atom is -0.301 e. The first-order valence-electron chi connectivity index (χ1n) is 5.92. The van der Waals surface area contributed by atoms with Gasteiger partial charge < -0.3 is 4.84 Å². The van der Waals surface area contributed by atoms with Crippen LogP contribution in [-0.2, 0) is 10.4 Å². The first-order chi connectivity index (χ1) is 8.42. The Morgan fingerprint density at radius 2 is 1.35 bits per heavy atom. The zero-order chi connectivity index (χ0) is 11.6. The van der Waals surface area contributed by atoms with Crippen molar-refractivity contribution in [2.75, 3.05) is 6.61 Å². The fourth-order valence-corrected chi connectivity index (χ4v) is 2.45. The van der Waals surface area contributed by atoms with Gasteiger partial charge in [-0.2, -0.15) is 5.48 Å². The van der Waals surface area contributed by atoms with Crippen molar-refractivity contribution in [2.45, 2.75) is 12.0 Å². The Labute approximate surface area is 101 Å². The average molecular weight is 225 g/mol. The molecule has 0 unspecified atom stereocenters. The molecule has 0 spiro atoms. The summed E-state index contributed by atoms with van der Waals surface area (Å²) in [5, 5.41) is 0. The predicted octanol–water partition coefficient (Wildman–Crippen LogP) is 2.86. The zero-order valence-electron chi connectivity index (χ0n) is 9.60. The van der Waals surface area contributed by atoms with E-state index in [0.29, 0.717) is 0 Å². The van der Waals surface area contributed by atoms with Gasteiger partial charge in [0.2, 0.25) is 0 Å². The molecular formula is C15H15NO. The topological polar surface area (TPSA) is 21.3 Å². The number of rotatable bonds is 2. The van der Waals surface area contributed by atoms with Crippen molar-refractivity contribution in [1.82, 2.24) is 5.48 Å². The molecule has 2 nitrogen and oxygen atoms in total. The van der Waals surface area contributed by atoms with Crippen LogP contribution in [-0.4, -0.2) is 6.61 Å². The van der Waals surface area contributed by atoms with Crippen molar-refractivity contribution in [3.63, 3.8) is 0 Å². The number of hydroxylamine groups is 1. The summed E-state index contributed by atoms with van der Waals surface area (Å²) in [4.78, 5) is 5.42. The summed E-state index contributed by atoms with van der Waals surface area (Å²) in [5.41, 5.74) is 5.52. The van der Waals surface area contributed by atoms with Crippen molar-refractivity contribution in [2.24, 2.45) is 0 Å². The van der Waals surface area contributed by atoms with Crippen LogP contribution in [0.15, 0.2) is 60.7 Å². The molecule has 0 bridgehead atoms. The van der Waals surface area contributed by atoms with Crippen LogP contribution in [0.4, 0.5) is 0 Å². The SMILES string of the molecule is c1ccc(C2(c3ccccc3)CCON2)cc1. The lowest BCUT2D eigenvalue weighted by atomic mass is 9.82. The van der Waals surface area contributed by atoms with Gasteiger partial charge >= 0.3 is 0 Å². The molecule has 2 aromatic rings. The molecule has 2 heteroatoms. The van der Waals surface area contributed by atoms with Crippen LogP contribution in [0.3, 0.4) is 0 Å². The van der Waals surface area contributed by atoms with E-state index in [2.05, 4.69) is 54.0 Å². The van der Waals surface area contributed by atoms with Crippen molar-refractivity contribution in [3.8, 4) is 0 Å². The van der Waals surface area contributed by atoms with Crippen molar-refractivity contribution in [3.05, 3.63) is 71.8 Å². The van der Waals surface area contributed by atoms with E-state index in [9.17, 15) is 0 Å². The second-order valence-corrected chi connectivity index (χ2v) is 4.34. The van der Waals surface area contributed by atoms with Gasteiger partial charge in [0.15, 0.2) is 0 Å². The molecule has 2 aromatic carbocycles. The normalized spacial score (nSPS) is 18.1. The third-order valence-corrected chi connectivity index (χ3v) is 3.36. The van der Waals surface area contributed by atoms with Crippen LogP contribution in [0, 0.1) is 0 Å². The smallest absolute Gasteiger partial charge is 0.0952 e. The molecule has 0 aromatic heterocycles. The van der Waals surface area contributed by atoms with E-state index in [1.165, 1.54) is 11.1 Å². The standard InChI is InChI=1S/C15H15NO/c1-3-7-13(8-4-1)15(11-12-17-16-15)14-9-5-2-6-10-14/h1-10,16H,11-12H2. The minimum absolute atomic E-state index is 0.192. The van der Waals surface area contributed by atoms with Crippen LogP contribution >= 0.6 is 0 Å². The van der Waals surface area contributed by atoms with Gasteiger partial charge in [0, 0.05) is 6.42 Å². The van der Waals surface area contributed by atoms with E-state index in [1.807, 2.05) is 12.1 Å². The van der Waals surface area contributed by atoms with E-state index in [1.54, 1.807) is 0 Å². The highest BCUT2D eigenvalue weighted by Gasteiger charge is 2.38. The van der Waals surface area contributed by atoms with Crippen molar-refractivity contribution < 1.29 is 4.84 Å². The fraction of sp³-hybridized carbons (Fsp3) is 0.200. The summed E-state index contributed by atoms with van der Waals surface area (Å²) in [7, 11) is 0. The van der Waals surface area contributed by atoms with Gasteiger partial charge in [-0.1, -0.05) is 60.7 Å². The van der Waals surface area contributed by atoms with Crippen LogP contribution < -0.4 is 5.48 Å². The molecule has 0 amide bonds. The Bertz CT molecular complexity index is 433. The summed E-state index contributed by atoms with van der Waals surface area (Å²) in [6.45, 7) is 0.740. The maximum atomic E-state index is 5.42. The number of hydrogen-bond acceptors (Lipinski definition) is 2. The van der Waals surface area contributed by atoms with E-state index < -0.39 is 0 Å². The van der Waals surface area contributed by atoms with E-state index in [-0.39, 0.29) is 5.54 Å². The molecular weight excluding hydrogens is 210 g/mol. The van der Waals surface area contributed by atoms with Gasteiger partial charge in [-0.15, -0.1) is 0 Å². The summed E-state index contributed by atoms with van der Waals surface area (Å²) in [6, 6.07) is 20.9. The van der Waals surface area contributed by atoms with E-state index in [4.69, 9.17) is 4.84 Å². The highest BCUT2D eigenvalue weighted by Crippen LogP contribution is 2.35. The predicted molar refractivity (Wildman–Crippen MR) is 67.4 cm³/mol. The Morgan fingerprint density at radius 3 is 1.76 bits per heavy atom. The highest BCUT2D eigenvalue weighted by molar-refractivity contribution is 5.38. The maximum absolute atomic E-state index is 5.42. The van der Waals surface area contributed by atoms with Crippen molar-refractivity contribution >= 4 is 0 Å². The molecule has 0 aliphatic carbocycles. The Balaban J connectivity index is 2.11. The number of nitrogens with one attached hydrogen (secondary N) is 1. The Hall–Kier alpha value is -1.64. The van der Waals surface area contributed by atoms with E-state index in [0.717, 1.165) is 13.0 Å². The molecule has 86 valence electrons. The van der Waals surface area contributed by atoms with Crippen LogP contribution in [0.2, 0.25) is 0 Å². The molecule has 0 saturated carbocycles. The van der Waals surface area contributed by atoms with Gasteiger partial charge in [0.1, 0.15) is 0 Å². The zero-order valence-corrected chi connectivity index (χ0v) is 9.60. The first-order valence-corrected chi connectivity index (χ1v) is 5.92. The molecule has 0 atom stereocenters. The highest BCUT2D eigenvalue weighted by atomic mass is 16.7. The quantitative estimate of drug-likeness (QED) is 0.848. The third-order valence-electron chi connectivity index (χ3n) is 3.36. The van der Waals surface area contributed by atoms with Gasteiger partial charge in [0.05, 0.1) is 12.1 Å². The van der Waals surface area contributed by atoms with Gasteiger partial charge in [0.25, 0.3) is 0 Å².